The molecule has 1 aromatic heterocycles. The summed E-state index contributed by atoms with van der Waals surface area (Å²) in [6.45, 7) is 5.16. The number of carbonyl (C=O) groups excluding carboxylic acids is 1. The van der Waals surface area contributed by atoms with Crippen LogP contribution in [0.3, 0.4) is 0 Å². The van der Waals surface area contributed by atoms with Gasteiger partial charge >= 0.3 is 0 Å². The highest BCUT2D eigenvalue weighted by atomic mass is 127. The molecular formula is C21H28FIN2O. The van der Waals surface area contributed by atoms with Crippen LogP contribution in [-0.4, -0.2) is 21.9 Å². The molecule has 0 radical (unpaired) electrons. The first kappa shape index (κ1) is 19.6. The lowest BCUT2D eigenvalue weighted by atomic mass is 9.70. The summed E-state index contributed by atoms with van der Waals surface area (Å²) in [5.74, 6) is 1.83. The lowest BCUT2D eigenvalue weighted by Gasteiger charge is -2.37. The molecule has 1 unspecified atom stereocenters. The van der Waals surface area contributed by atoms with Crippen molar-refractivity contribution >= 4 is 39.4 Å². The molecule has 2 aromatic rings. The molecule has 26 heavy (non-hydrogen) atoms. The molecule has 1 aliphatic carbocycles. The number of halogens is 2. The van der Waals surface area contributed by atoms with Crippen molar-refractivity contribution in [2.24, 2.45) is 23.7 Å². The average molecular weight is 470 g/mol. The van der Waals surface area contributed by atoms with E-state index in [9.17, 15) is 9.18 Å². The van der Waals surface area contributed by atoms with Crippen molar-refractivity contribution in [3.63, 3.8) is 0 Å². The van der Waals surface area contributed by atoms with Gasteiger partial charge in [-0.2, -0.15) is 0 Å². The summed E-state index contributed by atoms with van der Waals surface area (Å²) >= 11 is 2.44. The molecule has 0 bridgehead atoms. The number of aromatic amines is 1. The standard InChI is InChI=1S/C21H28FIN2O/c1-13-3-5-17(14(2)11-23)19(9-13)21(26)24-8-7-15-12-25-20-10-16(22)4-6-18(15)20/h4,6,10,12-14,17,19,25H,3,5,7-9,11H2,1-2H3,(H,24,26)/t13-,14?,17+,19-/m1/s1. The molecule has 1 aromatic carbocycles. The SMILES string of the molecule is CC(CI)[C@@H]1CC[C@@H](C)C[C@H]1C(=O)NCCc1c[nH]c2cc(F)ccc12. The molecule has 5 heteroatoms. The number of rotatable bonds is 6. The van der Waals surface area contributed by atoms with E-state index in [0.717, 1.165) is 40.2 Å². The summed E-state index contributed by atoms with van der Waals surface area (Å²) in [4.78, 5) is 16.0. The highest BCUT2D eigenvalue weighted by Gasteiger charge is 2.36. The predicted octanol–water partition coefficient (Wildman–Crippen LogP) is 5.09. The maximum Gasteiger partial charge on any atom is 0.223 e. The van der Waals surface area contributed by atoms with Gasteiger partial charge in [0.1, 0.15) is 5.82 Å². The fourth-order valence-corrected chi connectivity index (χ4v) is 4.97. The van der Waals surface area contributed by atoms with Crippen molar-refractivity contribution in [1.29, 1.82) is 0 Å². The molecule has 1 saturated carbocycles. The molecule has 1 fully saturated rings. The zero-order valence-electron chi connectivity index (χ0n) is 15.5. The number of hydrogen-bond acceptors (Lipinski definition) is 1. The van der Waals surface area contributed by atoms with E-state index in [1.807, 2.05) is 6.20 Å². The van der Waals surface area contributed by atoms with Crippen molar-refractivity contribution in [1.82, 2.24) is 10.3 Å². The second kappa shape index (κ2) is 8.72. The summed E-state index contributed by atoms with van der Waals surface area (Å²) in [6, 6.07) is 4.80. The Labute approximate surface area is 168 Å². The minimum atomic E-state index is -0.235. The number of fused-ring (bicyclic) bond motifs is 1. The minimum absolute atomic E-state index is 0.139. The van der Waals surface area contributed by atoms with E-state index < -0.39 is 0 Å². The van der Waals surface area contributed by atoms with Crippen molar-refractivity contribution in [2.75, 3.05) is 11.0 Å². The van der Waals surface area contributed by atoms with E-state index in [2.05, 4.69) is 46.7 Å². The summed E-state index contributed by atoms with van der Waals surface area (Å²) in [6.07, 6.45) is 6.08. The van der Waals surface area contributed by atoms with Crippen LogP contribution in [-0.2, 0) is 11.2 Å². The highest BCUT2D eigenvalue weighted by Crippen LogP contribution is 2.38. The Kier molecular flexibility index (Phi) is 6.59. The van der Waals surface area contributed by atoms with Gasteiger partial charge in [0.15, 0.2) is 0 Å². The van der Waals surface area contributed by atoms with E-state index in [4.69, 9.17) is 0 Å². The smallest absolute Gasteiger partial charge is 0.223 e. The minimum Gasteiger partial charge on any atom is -0.361 e. The van der Waals surface area contributed by atoms with Gasteiger partial charge in [0.25, 0.3) is 0 Å². The Morgan fingerprint density at radius 2 is 2.23 bits per heavy atom. The van der Waals surface area contributed by atoms with Gasteiger partial charge in [-0.1, -0.05) is 42.9 Å². The van der Waals surface area contributed by atoms with Gasteiger partial charge in [-0.15, -0.1) is 0 Å². The number of nitrogens with one attached hydrogen (secondary N) is 2. The molecule has 0 saturated heterocycles. The normalized spacial score (nSPS) is 24.5. The predicted molar refractivity (Wildman–Crippen MR) is 113 cm³/mol. The lowest BCUT2D eigenvalue weighted by Crippen LogP contribution is -2.41. The van der Waals surface area contributed by atoms with Crippen molar-refractivity contribution < 1.29 is 9.18 Å². The summed E-state index contributed by atoms with van der Waals surface area (Å²) in [5.41, 5.74) is 1.93. The van der Waals surface area contributed by atoms with Crippen molar-refractivity contribution in [3.05, 3.63) is 35.8 Å². The first-order valence-corrected chi connectivity index (χ1v) is 11.1. The number of alkyl halides is 1. The largest absolute Gasteiger partial charge is 0.361 e. The molecule has 1 aliphatic rings. The maximum atomic E-state index is 13.3. The number of aromatic nitrogens is 1. The van der Waals surface area contributed by atoms with Crippen LogP contribution in [0, 0.1) is 29.5 Å². The first-order chi connectivity index (χ1) is 12.5. The van der Waals surface area contributed by atoms with Crippen LogP contribution in [0.1, 0.15) is 38.7 Å². The topological polar surface area (TPSA) is 44.9 Å². The van der Waals surface area contributed by atoms with Gasteiger partial charge in [0.05, 0.1) is 0 Å². The quantitative estimate of drug-likeness (QED) is 0.449. The highest BCUT2D eigenvalue weighted by molar-refractivity contribution is 14.1. The summed E-state index contributed by atoms with van der Waals surface area (Å²) in [7, 11) is 0. The van der Waals surface area contributed by atoms with Crippen LogP contribution in [0.25, 0.3) is 10.9 Å². The van der Waals surface area contributed by atoms with E-state index in [1.54, 1.807) is 6.07 Å². The Balaban J connectivity index is 1.60. The molecule has 0 spiro atoms. The second-order valence-corrected chi connectivity index (χ2v) is 8.75. The third kappa shape index (κ3) is 4.41. The van der Waals surface area contributed by atoms with Gasteiger partial charge in [-0.25, -0.2) is 4.39 Å². The number of carbonyl (C=O) groups is 1. The molecule has 4 atom stereocenters. The van der Waals surface area contributed by atoms with Crippen molar-refractivity contribution in [3.8, 4) is 0 Å². The molecule has 3 rings (SSSR count). The van der Waals surface area contributed by atoms with Crippen LogP contribution in [0.15, 0.2) is 24.4 Å². The Bertz CT molecular complexity index is 760. The zero-order valence-corrected chi connectivity index (χ0v) is 17.7. The molecule has 2 N–H and O–H groups in total. The molecule has 3 nitrogen and oxygen atoms in total. The van der Waals surface area contributed by atoms with Crippen LogP contribution >= 0.6 is 22.6 Å². The number of hydrogen-bond donors (Lipinski definition) is 2. The molecule has 142 valence electrons. The zero-order chi connectivity index (χ0) is 18.7. The Morgan fingerprint density at radius 3 is 3.00 bits per heavy atom. The summed E-state index contributed by atoms with van der Waals surface area (Å²) < 4.78 is 14.4. The fourth-order valence-electron chi connectivity index (χ4n) is 4.32. The van der Waals surface area contributed by atoms with E-state index in [1.165, 1.54) is 18.6 Å². The molecule has 1 heterocycles. The van der Waals surface area contributed by atoms with Crippen LogP contribution in [0.4, 0.5) is 4.39 Å². The second-order valence-electron chi connectivity index (χ2n) is 7.87. The monoisotopic (exact) mass is 470 g/mol. The Hall–Kier alpha value is -1.11. The maximum absolute atomic E-state index is 13.3. The van der Waals surface area contributed by atoms with Gasteiger partial charge in [0.2, 0.25) is 5.91 Å². The summed E-state index contributed by atoms with van der Waals surface area (Å²) in [5, 5.41) is 4.20. The van der Waals surface area contributed by atoms with Crippen molar-refractivity contribution in [2.45, 2.75) is 39.5 Å². The first-order valence-electron chi connectivity index (χ1n) is 9.58. The van der Waals surface area contributed by atoms with Gasteiger partial charge in [-0.05, 0) is 60.8 Å². The van der Waals surface area contributed by atoms with Gasteiger partial charge in [-0.3, -0.25) is 4.79 Å². The van der Waals surface area contributed by atoms with Gasteiger partial charge in [0, 0.05) is 34.0 Å². The van der Waals surface area contributed by atoms with Crippen LogP contribution < -0.4 is 5.32 Å². The lowest BCUT2D eigenvalue weighted by molar-refractivity contribution is -0.129. The molecule has 1 amide bonds. The van der Waals surface area contributed by atoms with E-state index >= 15 is 0 Å². The van der Waals surface area contributed by atoms with Crippen LogP contribution in [0.2, 0.25) is 0 Å². The van der Waals surface area contributed by atoms with E-state index in [0.29, 0.717) is 24.3 Å². The Morgan fingerprint density at radius 1 is 1.42 bits per heavy atom. The number of benzene rings is 1. The third-order valence-electron chi connectivity index (χ3n) is 5.90. The third-order valence-corrected chi connectivity index (χ3v) is 7.29. The average Bonchev–Trinajstić information content (AvgIpc) is 3.03. The van der Waals surface area contributed by atoms with Crippen LogP contribution in [0.5, 0.6) is 0 Å². The molecule has 0 aliphatic heterocycles. The van der Waals surface area contributed by atoms with E-state index in [-0.39, 0.29) is 17.6 Å². The van der Waals surface area contributed by atoms with Gasteiger partial charge < -0.3 is 10.3 Å². The molecular weight excluding hydrogens is 442 g/mol. The number of H-pyrrole nitrogens is 1. The number of amides is 1. The fraction of sp³-hybridized carbons (Fsp3) is 0.571.